The van der Waals surface area contributed by atoms with Gasteiger partial charge in [0.2, 0.25) is 5.91 Å². The molecule has 2 amide bonds. The zero-order valence-corrected chi connectivity index (χ0v) is 16.6. The highest BCUT2D eigenvalue weighted by Crippen LogP contribution is 2.28. The summed E-state index contributed by atoms with van der Waals surface area (Å²) in [5, 5.41) is 0.835. The van der Waals surface area contributed by atoms with Crippen molar-refractivity contribution in [1.29, 1.82) is 0 Å². The minimum atomic E-state index is -0.348. The number of aromatic nitrogens is 1. The molecule has 0 saturated carbocycles. The number of carbonyl (C=O) groups is 2. The van der Waals surface area contributed by atoms with Crippen LogP contribution in [0.3, 0.4) is 0 Å². The first-order valence-electron chi connectivity index (χ1n) is 9.69. The summed E-state index contributed by atoms with van der Waals surface area (Å²) >= 11 is 0. The van der Waals surface area contributed by atoms with Gasteiger partial charge < -0.3 is 15.1 Å². The second-order valence-electron chi connectivity index (χ2n) is 7.52. The van der Waals surface area contributed by atoms with Crippen LogP contribution < -0.4 is 5.73 Å². The first-order chi connectivity index (χ1) is 13.9. The van der Waals surface area contributed by atoms with Crippen molar-refractivity contribution < 1.29 is 14.0 Å². The van der Waals surface area contributed by atoms with Gasteiger partial charge in [-0.3, -0.25) is 14.5 Å². The maximum absolute atomic E-state index is 13.4. The van der Waals surface area contributed by atoms with Gasteiger partial charge in [-0.15, -0.1) is 0 Å². The molecule has 1 aliphatic heterocycles. The van der Waals surface area contributed by atoms with Gasteiger partial charge in [0, 0.05) is 31.6 Å². The summed E-state index contributed by atoms with van der Waals surface area (Å²) in [7, 11) is 0. The number of rotatable bonds is 4. The Bertz CT molecular complexity index is 1080. The molecule has 0 atom stereocenters. The van der Waals surface area contributed by atoms with Gasteiger partial charge in [-0.1, -0.05) is 11.6 Å². The largest absolute Gasteiger partial charge is 0.460 e. The third-order valence-electron chi connectivity index (χ3n) is 5.23. The number of hydrogen-bond acceptors (Lipinski definition) is 5. The Morgan fingerprint density at radius 1 is 1.07 bits per heavy atom. The monoisotopic (exact) mass is 392 g/mol. The Hall–Kier alpha value is -3.19. The Morgan fingerprint density at radius 3 is 2.48 bits per heavy atom. The predicted octanol–water partition coefficient (Wildman–Crippen LogP) is 2.35. The van der Waals surface area contributed by atoms with Gasteiger partial charge in [-0.2, -0.15) is 0 Å². The molecule has 2 aromatic heterocycles. The van der Waals surface area contributed by atoms with E-state index >= 15 is 0 Å². The van der Waals surface area contributed by atoms with Crippen molar-refractivity contribution in [2.24, 2.45) is 5.73 Å². The van der Waals surface area contributed by atoms with Gasteiger partial charge >= 0.3 is 0 Å². The molecule has 2 N–H and O–H groups in total. The molecule has 0 spiro atoms. The topological polar surface area (TPSA) is 92.7 Å². The lowest BCUT2D eigenvalue weighted by atomic mass is 10.0. The van der Waals surface area contributed by atoms with Crippen molar-refractivity contribution in [3.8, 4) is 11.5 Å². The molecule has 1 aliphatic rings. The number of pyridine rings is 1. The highest BCUT2D eigenvalue weighted by Gasteiger charge is 2.25. The maximum atomic E-state index is 13.4. The molecule has 4 rings (SSSR count). The van der Waals surface area contributed by atoms with Gasteiger partial charge in [0.25, 0.3) is 5.91 Å². The van der Waals surface area contributed by atoms with E-state index in [0.29, 0.717) is 43.2 Å². The summed E-state index contributed by atoms with van der Waals surface area (Å²) in [6.07, 6.45) is 0. The fourth-order valence-corrected chi connectivity index (χ4v) is 3.71. The molecular weight excluding hydrogens is 368 g/mol. The van der Waals surface area contributed by atoms with Crippen molar-refractivity contribution >= 4 is 22.7 Å². The van der Waals surface area contributed by atoms with Crippen LogP contribution >= 0.6 is 0 Å². The number of nitrogens with zero attached hydrogens (tertiary/aromatic N) is 3. The van der Waals surface area contributed by atoms with Crippen LogP contribution in [0.1, 0.15) is 21.7 Å². The third kappa shape index (κ3) is 4.00. The van der Waals surface area contributed by atoms with Crippen molar-refractivity contribution in [3.05, 3.63) is 53.3 Å². The van der Waals surface area contributed by atoms with Gasteiger partial charge in [0.1, 0.15) is 11.5 Å². The van der Waals surface area contributed by atoms with E-state index in [1.165, 1.54) is 0 Å². The average Bonchev–Trinajstić information content (AvgIpc) is 3.13. The quantitative estimate of drug-likeness (QED) is 0.736. The van der Waals surface area contributed by atoms with Crippen molar-refractivity contribution in [2.75, 3.05) is 32.7 Å². The molecule has 3 aromatic rings. The fraction of sp³-hybridized carbons (Fsp3) is 0.318. The minimum absolute atomic E-state index is 0.0359. The Kier molecular flexibility index (Phi) is 5.07. The van der Waals surface area contributed by atoms with Gasteiger partial charge in [0.15, 0.2) is 5.76 Å². The van der Waals surface area contributed by atoms with Crippen molar-refractivity contribution in [1.82, 2.24) is 14.8 Å². The Morgan fingerprint density at radius 2 is 1.83 bits per heavy atom. The molecule has 1 fully saturated rings. The summed E-state index contributed by atoms with van der Waals surface area (Å²) < 4.78 is 5.74. The van der Waals surface area contributed by atoms with Crippen LogP contribution in [-0.2, 0) is 4.79 Å². The van der Waals surface area contributed by atoms with E-state index in [4.69, 9.17) is 15.1 Å². The molecule has 1 saturated heterocycles. The zero-order valence-electron chi connectivity index (χ0n) is 16.6. The predicted molar refractivity (Wildman–Crippen MR) is 110 cm³/mol. The smallest absolute Gasteiger partial charge is 0.254 e. The van der Waals surface area contributed by atoms with Gasteiger partial charge in [-0.25, -0.2) is 4.98 Å². The molecule has 150 valence electrons. The first kappa shape index (κ1) is 19.1. The Balaban J connectivity index is 1.69. The lowest BCUT2D eigenvalue weighted by Gasteiger charge is -2.34. The van der Waals surface area contributed by atoms with Crippen LogP contribution in [0.15, 0.2) is 40.8 Å². The number of piperazine rings is 1. The molecule has 29 heavy (non-hydrogen) atoms. The number of hydrogen-bond donors (Lipinski definition) is 1. The second-order valence-corrected chi connectivity index (χ2v) is 7.52. The van der Waals surface area contributed by atoms with Crippen LogP contribution in [-0.4, -0.2) is 59.3 Å². The third-order valence-corrected chi connectivity index (χ3v) is 5.23. The number of primary amides is 1. The van der Waals surface area contributed by atoms with Gasteiger partial charge in [0.05, 0.1) is 17.6 Å². The lowest BCUT2D eigenvalue weighted by molar-refractivity contribution is -0.119. The van der Waals surface area contributed by atoms with Crippen molar-refractivity contribution in [2.45, 2.75) is 13.8 Å². The Labute approximate surface area is 169 Å². The first-order valence-corrected chi connectivity index (χ1v) is 9.69. The SMILES string of the molecule is Cc1ccc2nc(-c3ccc(C)o3)cc(C(=O)N3CCN(CC(N)=O)CC3)c2c1. The maximum Gasteiger partial charge on any atom is 0.254 e. The van der Waals surface area contributed by atoms with Crippen molar-refractivity contribution in [3.63, 3.8) is 0 Å². The highest BCUT2D eigenvalue weighted by atomic mass is 16.3. The number of nitrogens with two attached hydrogens (primary N) is 1. The number of benzene rings is 1. The normalized spacial score (nSPS) is 15.0. The van der Waals surface area contributed by atoms with E-state index in [9.17, 15) is 9.59 Å². The van der Waals surface area contributed by atoms with E-state index in [2.05, 4.69) is 0 Å². The summed E-state index contributed by atoms with van der Waals surface area (Å²) in [5.74, 6) is 1.06. The lowest BCUT2D eigenvalue weighted by Crippen LogP contribution is -2.50. The molecular formula is C22H24N4O3. The van der Waals surface area contributed by atoms with E-state index in [1.54, 1.807) is 0 Å². The number of fused-ring (bicyclic) bond motifs is 1. The molecule has 3 heterocycles. The standard InChI is InChI=1S/C22H24N4O3/c1-14-3-5-18-16(11-14)17(12-19(24-18)20-6-4-15(2)29-20)22(28)26-9-7-25(8-10-26)13-21(23)27/h3-6,11-12H,7-10,13H2,1-2H3,(H2,23,27). The molecule has 7 nitrogen and oxygen atoms in total. The van der Waals surface area contributed by atoms with Gasteiger partial charge in [-0.05, 0) is 44.2 Å². The summed E-state index contributed by atoms with van der Waals surface area (Å²) in [5.41, 5.74) is 8.37. The zero-order chi connectivity index (χ0) is 20.5. The summed E-state index contributed by atoms with van der Waals surface area (Å²) in [6, 6.07) is 11.5. The number of amides is 2. The fourth-order valence-electron chi connectivity index (χ4n) is 3.71. The number of carbonyl (C=O) groups excluding carboxylic acids is 2. The van der Waals surface area contributed by atoms with Crippen LogP contribution in [0.2, 0.25) is 0 Å². The molecule has 0 bridgehead atoms. The van der Waals surface area contributed by atoms with E-state index in [-0.39, 0.29) is 18.4 Å². The summed E-state index contributed by atoms with van der Waals surface area (Å²) in [6.45, 7) is 6.46. The molecule has 0 unspecified atom stereocenters. The average molecular weight is 392 g/mol. The highest BCUT2D eigenvalue weighted by molar-refractivity contribution is 6.07. The number of aryl methyl sites for hydroxylation is 2. The molecule has 1 aromatic carbocycles. The summed E-state index contributed by atoms with van der Waals surface area (Å²) in [4.78, 5) is 33.0. The number of furan rings is 1. The van der Waals surface area contributed by atoms with Crippen LogP contribution in [0, 0.1) is 13.8 Å². The van der Waals surface area contributed by atoms with E-state index in [1.807, 2.05) is 60.0 Å². The molecule has 7 heteroatoms. The second kappa shape index (κ2) is 7.67. The molecule has 0 radical (unpaired) electrons. The van der Waals surface area contributed by atoms with Crippen LogP contribution in [0.4, 0.5) is 0 Å². The van der Waals surface area contributed by atoms with Crippen LogP contribution in [0.5, 0.6) is 0 Å². The van der Waals surface area contributed by atoms with E-state index in [0.717, 1.165) is 22.2 Å². The minimum Gasteiger partial charge on any atom is -0.460 e. The molecule has 0 aliphatic carbocycles. The van der Waals surface area contributed by atoms with Crippen LogP contribution in [0.25, 0.3) is 22.4 Å². The van der Waals surface area contributed by atoms with E-state index < -0.39 is 0 Å².